The van der Waals surface area contributed by atoms with Crippen molar-refractivity contribution < 1.29 is 14.6 Å². The summed E-state index contributed by atoms with van der Waals surface area (Å²) in [5.41, 5.74) is 1.46. The second-order valence-electron chi connectivity index (χ2n) is 5.25. The van der Waals surface area contributed by atoms with E-state index in [4.69, 9.17) is 0 Å². The van der Waals surface area contributed by atoms with Gasteiger partial charge in [-0.3, -0.25) is 0 Å². The van der Waals surface area contributed by atoms with E-state index in [1.165, 1.54) is 12.1 Å². The van der Waals surface area contributed by atoms with E-state index < -0.39 is 6.10 Å². The Labute approximate surface area is 107 Å². The smallest absolute Gasteiger partial charge is 0.123 e. The Bertz CT molecular complexity index is 416. The first-order chi connectivity index (χ1) is 8.47. The predicted molar refractivity (Wildman–Crippen MR) is 69.0 cm³/mol. The van der Waals surface area contributed by atoms with Crippen LogP contribution in [0.25, 0.3) is 0 Å². The van der Waals surface area contributed by atoms with E-state index in [-0.39, 0.29) is 11.9 Å². The largest absolute Gasteiger partial charge is 0.393 e. The summed E-state index contributed by atoms with van der Waals surface area (Å²) < 4.78 is 13.2. The highest BCUT2D eigenvalue weighted by molar-refractivity contribution is 5.54. The van der Waals surface area contributed by atoms with Gasteiger partial charge >= 0.3 is 0 Å². The SMILES string of the molecule is C[C@@H](O)c1cc(F)ccc1N(C)CC1CC(O)C1. The minimum atomic E-state index is -0.690. The van der Waals surface area contributed by atoms with E-state index in [1.54, 1.807) is 13.0 Å². The second-order valence-corrected chi connectivity index (χ2v) is 5.25. The van der Waals surface area contributed by atoms with Crippen molar-refractivity contribution in [3.63, 3.8) is 0 Å². The highest BCUT2D eigenvalue weighted by Gasteiger charge is 2.28. The molecule has 1 aliphatic carbocycles. The number of rotatable bonds is 4. The predicted octanol–water partition coefficient (Wildman–Crippen LogP) is 2.09. The monoisotopic (exact) mass is 253 g/mol. The molecule has 0 heterocycles. The first-order valence-electron chi connectivity index (χ1n) is 6.34. The van der Waals surface area contributed by atoms with Crippen molar-refractivity contribution in [2.24, 2.45) is 5.92 Å². The molecule has 1 saturated carbocycles. The van der Waals surface area contributed by atoms with E-state index >= 15 is 0 Å². The number of nitrogens with zero attached hydrogens (tertiary/aromatic N) is 1. The van der Waals surface area contributed by atoms with Crippen molar-refractivity contribution in [3.8, 4) is 0 Å². The second kappa shape index (κ2) is 5.24. The maximum Gasteiger partial charge on any atom is 0.123 e. The van der Waals surface area contributed by atoms with Crippen molar-refractivity contribution in [3.05, 3.63) is 29.6 Å². The van der Waals surface area contributed by atoms with Gasteiger partial charge in [-0.25, -0.2) is 4.39 Å². The van der Waals surface area contributed by atoms with Crippen LogP contribution in [0.3, 0.4) is 0 Å². The average Bonchev–Trinajstić information content (AvgIpc) is 2.26. The van der Waals surface area contributed by atoms with Gasteiger partial charge in [0, 0.05) is 24.8 Å². The van der Waals surface area contributed by atoms with E-state index in [9.17, 15) is 14.6 Å². The lowest BCUT2D eigenvalue weighted by Gasteiger charge is -2.36. The fourth-order valence-corrected chi connectivity index (χ4v) is 2.54. The minimum absolute atomic E-state index is 0.159. The molecule has 0 saturated heterocycles. The van der Waals surface area contributed by atoms with Gasteiger partial charge in [0.15, 0.2) is 0 Å². The van der Waals surface area contributed by atoms with Crippen molar-refractivity contribution in [2.45, 2.75) is 32.0 Å². The summed E-state index contributed by atoms with van der Waals surface area (Å²) >= 11 is 0. The lowest BCUT2D eigenvalue weighted by molar-refractivity contribution is 0.0464. The quantitative estimate of drug-likeness (QED) is 0.863. The van der Waals surface area contributed by atoms with Gasteiger partial charge in [-0.2, -0.15) is 0 Å². The summed E-state index contributed by atoms with van der Waals surface area (Å²) in [6.07, 6.45) is 0.809. The molecule has 0 bridgehead atoms. The number of halogens is 1. The first kappa shape index (κ1) is 13.3. The molecular formula is C14H20FNO2. The molecule has 0 aliphatic heterocycles. The van der Waals surface area contributed by atoms with Gasteiger partial charge in [0.2, 0.25) is 0 Å². The molecule has 100 valence electrons. The molecule has 2 rings (SSSR count). The summed E-state index contributed by atoms with van der Waals surface area (Å²) in [7, 11) is 1.93. The molecule has 1 aromatic rings. The van der Waals surface area contributed by atoms with Gasteiger partial charge in [-0.1, -0.05) is 0 Å². The van der Waals surface area contributed by atoms with Gasteiger partial charge in [-0.05, 0) is 43.9 Å². The zero-order chi connectivity index (χ0) is 13.3. The topological polar surface area (TPSA) is 43.7 Å². The van der Waals surface area contributed by atoms with Crippen molar-refractivity contribution in [2.75, 3.05) is 18.5 Å². The zero-order valence-corrected chi connectivity index (χ0v) is 10.8. The molecule has 0 unspecified atom stereocenters. The Morgan fingerprint density at radius 3 is 2.67 bits per heavy atom. The lowest BCUT2D eigenvalue weighted by Crippen LogP contribution is -2.37. The van der Waals surface area contributed by atoms with Gasteiger partial charge in [0.1, 0.15) is 5.82 Å². The van der Waals surface area contributed by atoms with Crippen molar-refractivity contribution >= 4 is 5.69 Å². The fourth-order valence-electron chi connectivity index (χ4n) is 2.54. The molecule has 1 aliphatic rings. The summed E-state index contributed by atoms with van der Waals surface area (Å²) in [4.78, 5) is 2.03. The number of aliphatic hydroxyl groups is 2. The van der Waals surface area contributed by atoms with Crippen LogP contribution in [0.1, 0.15) is 31.4 Å². The number of hydrogen-bond donors (Lipinski definition) is 2. The molecule has 3 nitrogen and oxygen atoms in total. The van der Waals surface area contributed by atoms with Gasteiger partial charge in [-0.15, -0.1) is 0 Å². The number of benzene rings is 1. The third kappa shape index (κ3) is 2.82. The van der Waals surface area contributed by atoms with Crippen LogP contribution in [-0.4, -0.2) is 29.9 Å². The molecule has 18 heavy (non-hydrogen) atoms. The normalized spacial score (nSPS) is 24.5. The molecule has 0 radical (unpaired) electrons. The molecule has 1 aromatic carbocycles. The fraction of sp³-hybridized carbons (Fsp3) is 0.571. The van der Waals surface area contributed by atoms with E-state index in [1.807, 2.05) is 11.9 Å². The molecule has 0 spiro atoms. The summed E-state index contributed by atoms with van der Waals surface area (Å²) in [6, 6.07) is 4.49. The van der Waals surface area contributed by atoms with E-state index in [2.05, 4.69) is 0 Å². The maximum atomic E-state index is 13.2. The van der Waals surface area contributed by atoms with Crippen LogP contribution in [0.2, 0.25) is 0 Å². The van der Waals surface area contributed by atoms with E-state index in [0.29, 0.717) is 11.5 Å². The Morgan fingerprint density at radius 2 is 2.11 bits per heavy atom. The van der Waals surface area contributed by atoms with Crippen LogP contribution in [0.15, 0.2) is 18.2 Å². The Balaban J connectivity index is 2.11. The average molecular weight is 253 g/mol. The molecule has 0 aromatic heterocycles. The van der Waals surface area contributed by atoms with Crippen LogP contribution < -0.4 is 4.90 Å². The van der Waals surface area contributed by atoms with Crippen molar-refractivity contribution in [1.82, 2.24) is 0 Å². The highest BCUT2D eigenvalue weighted by Crippen LogP contribution is 2.31. The molecule has 0 amide bonds. The number of hydrogen-bond acceptors (Lipinski definition) is 3. The molecule has 1 atom stereocenters. The van der Waals surface area contributed by atoms with Crippen LogP contribution in [0.4, 0.5) is 10.1 Å². The molecular weight excluding hydrogens is 233 g/mol. The number of anilines is 1. The summed E-state index contributed by atoms with van der Waals surface area (Å²) in [6.45, 7) is 2.46. The first-order valence-corrected chi connectivity index (χ1v) is 6.34. The van der Waals surface area contributed by atoms with Gasteiger partial charge in [0.25, 0.3) is 0 Å². The molecule has 4 heteroatoms. The van der Waals surface area contributed by atoms with Crippen LogP contribution in [0.5, 0.6) is 0 Å². The van der Waals surface area contributed by atoms with E-state index in [0.717, 1.165) is 25.1 Å². The summed E-state index contributed by atoms with van der Waals surface area (Å²) in [5.74, 6) is 0.152. The minimum Gasteiger partial charge on any atom is -0.393 e. The maximum absolute atomic E-state index is 13.2. The lowest BCUT2D eigenvalue weighted by atomic mass is 9.82. The number of aliphatic hydroxyl groups excluding tert-OH is 2. The zero-order valence-electron chi connectivity index (χ0n) is 10.8. The van der Waals surface area contributed by atoms with Crippen LogP contribution in [0, 0.1) is 11.7 Å². The van der Waals surface area contributed by atoms with Crippen LogP contribution in [-0.2, 0) is 0 Å². The highest BCUT2D eigenvalue weighted by atomic mass is 19.1. The Hall–Kier alpha value is -1.13. The molecule has 2 N–H and O–H groups in total. The Morgan fingerprint density at radius 1 is 1.44 bits per heavy atom. The molecule has 1 fully saturated rings. The third-order valence-corrected chi connectivity index (χ3v) is 3.59. The van der Waals surface area contributed by atoms with Crippen molar-refractivity contribution in [1.29, 1.82) is 0 Å². The summed E-state index contributed by atoms with van der Waals surface area (Å²) in [5, 5.41) is 19.0. The Kier molecular flexibility index (Phi) is 3.88. The van der Waals surface area contributed by atoms with Crippen LogP contribution >= 0.6 is 0 Å². The van der Waals surface area contributed by atoms with Gasteiger partial charge < -0.3 is 15.1 Å². The standard InChI is InChI=1S/C14H20FNO2/c1-9(17)13-7-11(15)3-4-14(13)16(2)8-10-5-12(18)6-10/h3-4,7,9-10,12,17-18H,5-6,8H2,1-2H3/t9-,10?,12?/m1/s1. The van der Waals surface area contributed by atoms with Gasteiger partial charge in [0.05, 0.1) is 12.2 Å². The third-order valence-electron chi connectivity index (χ3n) is 3.59.